The monoisotopic (exact) mass is 330 g/mol. The van der Waals surface area contributed by atoms with E-state index in [0.717, 1.165) is 11.0 Å². The smallest absolute Gasteiger partial charge is 0.308 e. The number of imidazole rings is 1. The first-order valence-corrected chi connectivity index (χ1v) is 7.32. The molecule has 2 aromatic carbocycles. The average molecular weight is 331 g/mol. The van der Waals surface area contributed by atoms with Crippen LogP contribution in [0.1, 0.15) is 0 Å². The zero-order valence-electron chi connectivity index (χ0n) is 12.6. The van der Waals surface area contributed by atoms with Crippen molar-refractivity contribution in [1.29, 1.82) is 0 Å². The molecule has 1 heterocycles. The molecule has 0 fully saturated rings. The fourth-order valence-electron chi connectivity index (χ4n) is 2.44. The van der Waals surface area contributed by atoms with E-state index in [2.05, 4.69) is 10.6 Å². The molecule has 0 aliphatic heterocycles. The highest BCUT2D eigenvalue weighted by molar-refractivity contribution is 6.30. The summed E-state index contributed by atoms with van der Waals surface area (Å²) in [5, 5.41) is 5.99. The molecular formula is C16H15ClN4O2. The van der Waals surface area contributed by atoms with Crippen LogP contribution in [0.2, 0.25) is 5.02 Å². The Labute approximate surface area is 137 Å². The van der Waals surface area contributed by atoms with E-state index in [1.54, 1.807) is 61.1 Å². The first kappa shape index (κ1) is 15.2. The third-order valence-electron chi connectivity index (χ3n) is 3.61. The third-order valence-corrected chi connectivity index (χ3v) is 3.85. The van der Waals surface area contributed by atoms with Gasteiger partial charge in [-0.25, -0.2) is 9.59 Å². The molecule has 2 N–H and O–H groups in total. The molecule has 7 heteroatoms. The number of carbonyl (C=O) groups is 1. The summed E-state index contributed by atoms with van der Waals surface area (Å²) in [7, 11) is 3.41. The van der Waals surface area contributed by atoms with Crippen molar-refractivity contribution < 1.29 is 4.79 Å². The molecule has 23 heavy (non-hydrogen) atoms. The van der Waals surface area contributed by atoms with Gasteiger partial charge < -0.3 is 10.6 Å². The molecule has 0 aliphatic rings. The zero-order valence-corrected chi connectivity index (χ0v) is 13.4. The first-order chi connectivity index (χ1) is 11.0. The van der Waals surface area contributed by atoms with Crippen LogP contribution < -0.4 is 16.3 Å². The van der Waals surface area contributed by atoms with Crippen LogP contribution in [0, 0.1) is 0 Å². The summed E-state index contributed by atoms with van der Waals surface area (Å²) >= 11 is 5.88. The van der Waals surface area contributed by atoms with Crippen LogP contribution in [-0.2, 0) is 14.1 Å². The number of fused-ring (bicyclic) bond motifs is 1. The fraction of sp³-hybridized carbons (Fsp3) is 0.125. The number of hydrogen-bond donors (Lipinski definition) is 2. The Morgan fingerprint density at radius 3 is 2.30 bits per heavy atom. The summed E-state index contributed by atoms with van der Waals surface area (Å²) in [5.41, 5.74) is 2.64. The molecule has 6 nitrogen and oxygen atoms in total. The molecule has 0 spiro atoms. The Kier molecular flexibility index (Phi) is 3.83. The van der Waals surface area contributed by atoms with Crippen LogP contribution in [0.15, 0.2) is 47.3 Å². The summed E-state index contributed by atoms with van der Waals surface area (Å²) in [6.45, 7) is 0. The molecule has 0 unspecified atom stereocenters. The number of urea groups is 1. The number of aromatic nitrogens is 2. The van der Waals surface area contributed by atoms with Gasteiger partial charge in [-0.3, -0.25) is 9.13 Å². The van der Waals surface area contributed by atoms with E-state index >= 15 is 0 Å². The summed E-state index contributed by atoms with van der Waals surface area (Å²) < 4.78 is 3.10. The van der Waals surface area contributed by atoms with Gasteiger partial charge in [-0.15, -0.1) is 0 Å². The number of benzene rings is 2. The number of nitrogens with zero attached hydrogens (tertiary/aromatic N) is 2. The van der Waals surface area contributed by atoms with Crippen molar-refractivity contribution in [2.24, 2.45) is 14.1 Å². The van der Waals surface area contributed by atoms with Crippen molar-refractivity contribution in [3.8, 4) is 0 Å². The van der Waals surface area contributed by atoms with Crippen LogP contribution >= 0.6 is 11.6 Å². The number of amides is 2. The summed E-state index contributed by atoms with van der Waals surface area (Å²) in [6.07, 6.45) is 0. The van der Waals surface area contributed by atoms with E-state index in [0.29, 0.717) is 16.4 Å². The van der Waals surface area contributed by atoms with E-state index in [9.17, 15) is 9.59 Å². The Balaban J connectivity index is 1.82. The highest BCUT2D eigenvalue weighted by Crippen LogP contribution is 2.19. The molecule has 2 amide bonds. The van der Waals surface area contributed by atoms with Gasteiger partial charge in [0.2, 0.25) is 0 Å². The summed E-state index contributed by atoms with van der Waals surface area (Å²) in [5.74, 6) is 0. The molecule has 3 aromatic rings. The molecule has 1 aromatic heterocycles. The standard InChI is InChI=1S/C16H15ClN4O2/c1-20-13-7-6-12(9-14(13)21(2)16(20)23)19-15(22)18-11-5-3-4-10(17)8-11/h3-9H,1-2H3,(H2,18,19,22). The van der Waals surface area contributed by atoms with Crippen LogP contribution in [0.25, 0.3) is 11.0 Å². The minimum Gasteiger partial charge on any atom is -0.308 e. The molecular weight excluding hydrogens is 316 g/mol. The number of nitrogens with one attached hydrogen (secondary N) is 2. The molecule has 3 rings (SSSR count). The van der Waals surface area contributed by atoms with Crippen molar-refractivity contribution >= 4 is 40.0 Å². The van der Waals surface area contributed by atoms with Gasteiger partial charge in [0.25, 0.3) is 0 Å². The lowest BCUT2D eigenvalue weighted by molar-refractivity contribution is 0.262. The number of aryl methyl sites for hydroxylation is 2. The van der Waals surface area contributed by atoms with Crippen molar-refractivity contribution in [3.63, 3.8) is 0 Å². The maximum atomic E-state index is 12.0. The topological polar surface area (TPSA) is 68.1 Å². The highest BCUT2D eigenvalue weighted by Gasteiger charge is 2.09. The summed E-state index contributed by atoms with van der Waals surface area (Å²) in [6, 6.07) is 11.8. The minimum atomic E-state index is -0.382. The highest BCUT2D eigenvalue weighted by atomic mass is 35.5. The molecule has 0 bridgehead atoms. The van der Waals surface area contributed by atoms with Crippen molar-refractivity contribution in [2.45, 2.75) is 0 Å². The summed E-state index contributed by atoms with van der Waals surface area (Å²) in [4.78, 5) is 24.0. The quantitative estimate of drug-likeness (QED) is 0.757. The largest absolute Gasteiger partial charge is 0.328 e. The number of anilines is 2. The SMILES string of the molecule is Cn1c(=O)n(C)c2cc(NC(=O)Nc3cccc(Cl)c3)ccc21. The number of halogens is 1. The molecule has 0 aliphatic carbocycles. The predicted octanol–water partition coefficient (Wildman–Crippen LogP) is 3.17. The maximum absolute atomic E-state index is 12.0. The first-order valence-electron chi connectivity index (χ1n) is 6.95. The lowest BCUT2D eigenvalue weighted by Gasteiger charge is -2.08. The van der Waals surface area contributed by atoms with E-state index in [4.69, 9.17) is 11.6 Å². The van der Waals surface area contributed by atoms with Crippen LogP contribution in [0.5, 0.6) is 0 Å². The van der Waals surface area contributed by atoms with Crippen molar-refractivity contribution in [1.82, 2.24) is 9.13 Å². The van der Waals surface area contributed by atoms with Crippen LogP contribution in [0.3, 0.4) is 0 Å². The maximum Gasteiger partial charge on any atom is 0.328 e. The van der Waals surface area contributed by atoms with Gasteiger partial charge in [0.05, 0.1) is 11.0 Å². The number of carbonyl (C=O) groups excluding carboxylic acids is 1. The average Bonchev–Trinajstić information content (AvgIpc) is 2.72. The molecule has 0 radical (unpaired) electrons. The Morgan fingerprint density at radius 2 is 1.61 bits per heavy atom. The molecule has 118 valence electrons. The van der Waals surface area contributed by atoms with Crippen molar-refractivity contribution in [3.05, 3.63) is 58.0 Å². The molecule has 0 atom stereocenters. The Bertz CT molecular complexity index is 958. The van der Waals surface area contributed by atoms with Gasteiger partial charge in [-0.1, -0.05) is 17.7 Å². The number of hydrogen-bond acceptors (Lipinski definition) is 2. The lowest BCUT2D eigenvalue weighted by atomic mass is 10.2. The number of rotatable bonds is 2. The Hall–Kier alpha value is -2.73. The van der Waals surface area contributed by atoms with Gasteiger partial charge in [0, 0.05) is 30.5 Å². The second-order valence-corrected chi connectivity index (χ2v) is 5.63. The fourth-order valence-corrected chi connectivity index (χ4v) is 2.63. The van der Waals surface area contributed by atoms with Crippen molar-refractivity contribution in [2.75, 3.05) is 10.6 Å². The van der Waals surface area contributed by atoms with E-state index in [1.165, 1.54) is 4.57 Å². The lowest BCUT2D eigenvalue weighted by Crippen LogP contribution is -2.19. The Morgan fingerprint density at radius 1 is 0.957 bits per heavy atom. The second kappa shape index (κ2) is 5.81. The second-order valence-electron chi connectivity index (χ2n) is 5.19. The van der Waals surface area contributed by atoms with Gasteiger partial charge in [0.15, 0.2) is 0 Å². The van der Waals surface area contributed by atoms with E-state index in [-0.39, 0.29) is 11.7 Å². The molecule has 0 saturated carbocycles. The third kappa shape index (κ3) is 2.93. The van der Waals surface area contributed by atoms with E-state index in [1.807, 2.05) is 0 Å². The van der Waals surface area contributed by atoms with Gasteiger partial charge in [-0.05, 0) is 36.4 Å². The van der Waals surface area contributed by atoms with Crippen LogP contribution in [-0.4, -0.2) is 15.2 Å². The predicted molar refractivity (Wildman–Crippen MR) is 92.3 cm³/mol. The van der Waals surface area contributed by atoms with Gasteiger partial charge in [-0.2, -0.15) is 0 Å². The molecule has 0 saturated heterocycles. The van der Waals surface area contributed by atoms with Crippen LogP contribution in [0.4, 0.5) is 16.2 Å². The van der Waals surface area contributed by atoms with E-state index < -0.39 is 0 Å². The zero-order chi connectivity index (χ0) is 16.6. The van der Waals surface area contributed by atoms with Gasteiger partial charge >= 0.3 is 11.7 Å². The van der Waals surface area contributed by atoms with Gasteiger partial charge in [0.1, 0.15) is 0 Å². The normalized spacial score (nSPS) is 10.7. The minimum absolute atomic E-state index is 0.111.